The van der Waals surface area contributed by atoms with E-state index in [1.807, 2.05) is 39.0 Å². The Labute approximate surface area is 143 Å². The number of nitrogens with one attached hydrogen (secondary N) is 1. The number of hydrogen-bond acceptors (Lipinski definition) is 4. The van der Waals surface area contributed by atoms with Gasteiger partial charge in [0.15, 0.2) is 0 Å². The Balaban J connectivity index is 2.07. The second kappa shape index (κ2) is 5.65. The number of aromatic nitrogens is 1. The largest absolute Gasteiger partial charge is 0.511 e. The van der Waals surface area contributed by atoms with E-state index < -0.39 is 5.54 Å². The monoisotopic (exact) mass is 348 g/mol. The van der Waals surface area contributed by atoms with Gasteiger partial charge in [0.2, 0.25) is 0 Å². The van der Waals surface area contributed by atoms with Crippen molar-refractivity contribution in [3.8, 4) is 10.6 Å². The summed E-state index contributed by atoms with van der Waals surface area (Å²) in [5, 5.41) is 14.7. The van der Waals surface area contributed by atoms with E-state index in [-0.39, 0.29) is 17.2 Å². The molecule has 0 aliphatic carbocycles. The van der Waals surface area contributed by atoms with Gasteiger partial charge in [0.05, 0.1) is 5.69 Å². The molecule has 23 heavy (non-hydrogen) atoms. The molecule has 0 spiro atoms. The summed E-state index contributed by atoms with van der Waals surface area (Å²) in [4.78, 5) is 17.8. The summed E-state index contributed by atoms with van der Waals surface area (Å²) >= 11 is 7.51. The number of aliphatic hydroxyl groups excluding tert-OH is 1. The van der Waals surface area contributed by atoms with E-state index in [0.717, 1.165) is 15.4 Å². The molecule has 1 amide bonds. The maximum atomic E-state index is 12.4. The van der Waals surface area contributed by atoms with Gasteiger partial charge in [-0.25, -0.2) is 4.98 Å². The predicted molar refractivity (Wildman–Crippen MR) is 93.7 cm³/mol. The molecule has 1 aromatic carbocycles. The van der Waals surface area contributed by atoms with E-state index in [1.54, 1.807) is 6.07 Å². The van der Waals surface area contributed by atoms with Gasteiger partial charge in [-0.05, 0) is 32.9 Å². The molecule has 1 aromatic heterocycles. The number of benzene rings is 1. The zero-order valence-corrected chi connectivity index (χ0v) is 14.7. The number of halogens is 1. The topological polar surface area (TPSA) is 62.2 Å². The third kappa shape index (κ3) is 3.12. The minimum atomic E-state index is -0.454. The van der Waals surface area contributed by atoms with Crippen LogP contribution in [-0.4, -0.2) is 21.5 Å². The first-order chi connectivity index (χ1) is 10.8. The SMILES string of the molecule is Cc1sc(-c2cccc(Cl)c2)nc1C1=C(O)CC(C)(C)NC1=O. The number of aliphatic hydroxyl groups is 1. The Hall–Kier alpha value is -1.85. The molecule has 2 N–H and O–H groups in total. The number of nitrogens with zero attached hydrogens (tertiary/aromatic N) is 1. The minimum Gasteiger partial charge on any atom is -0.511 e. The highest BCUT2D eigenvalue weighted by atomic mass is 35.5. The van der Waals surface area contributed by atoms with Crippen LogP contribution in [0.1, 0.15) is 30.8 Å². The molecule has 2 heterocycles. The smallest absolute Gasteiger partial charge is 0.257 e. The van der Waals surface area contributed by atoms with Crippen molar-refractivity contribution in [1.29, 1.82) is 0 Å². The number of aryl methyl sites for hydroxylation is 1. The van der Waals surface area contributed by atoms with E-state index in [0.29, 0.717) is 17.1 Å². The Morgan fingerprint density at radius 2 is 2.13 bits per heavy atom. The molecule has 1 aliphatic rings. The molecular weight excluding hydrogens is 332 g/mol. The molecular formula is C17H17ClN2O2S. The Kier molecular flexibility index (Phi) is 3.94. The van der Waals surface area contributed by atoms with Gasteiger partial charge in [-0.1, -0.05) is 23.7 Å². The van der Waals surface area contributed by atoms with E-state index in [1.165, 1.54) is 11.3 Å². The summed E-state index contributed by atoms with van der Waals surface area (Å²) in [5.74, 6) is -0.199. The van der Waals surface area contributed by atoms with Gasteiger partial charge < -0.3 is 10.4 Å². The molecule has 3 rings (SSSR count). The zero-order chi connectivity index (χ0) is 16.8. The van der Waals surface area contributed by atoms with E-state index in [2.05, 4.69) is 10.3 Å². The van der Waals surface area contributed by atoms with Crippen LogP contribution >= 0.6 is 22.9 Å². The fourth-order valence-electron chi connectivity index (χ4n) is 2.67. The van der Waals surface area contributed by atoms with Gasteiger partial charge in [-0.2, -0.15) is 0 Å². The highest BCUT2D eigenvalue weighted by Crippen LogP contribution is 2.36. The normalized spacial score (nSPS) is 17.3. The Bertz CT molecular complexity index is 824. The summed E-state index contributed by atoms with van der Waals surface area (Å²) in [6.07, 6.45) is 0.386. The fraction of sp³-hybridized carbons (Fsp3) is 0.294. The molecule has 0 saturated carbocycles. The third-order valence-electron chi connectivity index (χ3n) is 3.68. The quantitative estimate of drug-likeness (QED) is 0.848. The van der Waals surface area contributed by atoms with E-state index in [4.69, 9.17) is 11.6 Å². The van der Waals surface area contributed by atoms with Gasteiger partial charge in [0.1, 0.15) is 16.3 Å². The lowest BCUT2D eigenvalue weighted by molar-refractivity contribution is -0.117. The molecule has 0 bridgehead atoms. The van der Waals surface area contributed by atoms with Crippen molar-refractivity contribution in [3.63, 3.8) is 0 Å². The average Bonchev–Trinajstić information content (AvgIpc) is 2.79. The average molecular weight is 349 g/mol. The van der Waals surface area contributed by atoms with Crippen LogP contribution in [0.2, 0.25) is 5.02 Å². The minimum absolute atomic E-state index is 0.0878. The summed E-state index contributed by atoms with van der Waals surface area (Å²) in [7, 11) is 0. The van der Waals surface area contributed by atoms with Crippen LogP contribution in [0.15, 0.2) is 30.0 Å². The van der Waals surface area contributed by atoms with Crippen LogP contribution in [0.25, 0.3) is 16.1 Å². The lowest BCUT2D eigenvalue weighted by Crippen LogP contribution is -2.47. The number of rotatable bonds is 2. The van der Waals surface area contributed by atoms with E-state index >= 15 is 0 Å². The summed E-state index contributed by atoms with van der Waals surface area (Å²) in [6, 6.07) is 7.42. The molecule has 2 aromatic rings. The van der Waals surface area contributed by atoms with Crippen molar-refractivity contribution in [2.75, 3.05) is 0 Å². The Morgan fingerprint density at radius 3 is 2.78 bits per heavy atom. The molecule has 0 atom stereocenters. The molecule has 0 saturated heterocycles. The molecule has 0 fully saturated rings. The van der Waals surface area contributed by atoms with Gasteiger partial charge in [-0.15, -0.1) is 11.3 Å². The Morgan fingerprint density at radius 1 is 1.39 bits per heavy atom. The van der Waals surface area contributed by atoms with Crippen LogP contribution in [0, 0.1) is 6.92 Å². The number of amides is 1. The lowest BCUT2D eigenvalue weighted by atomic mass is 9.91. The first-order valence-corrected chi connectivity index (χ1v) is 8.45. The summed E-state index contributed by atoms with van der Waals surface area (Å²) in [6.45, 7) is 5.65. The molecule has 0 radical (unpaired) electrons. The van der Waals surface area contributed by atoms with Gasteiger partial charge in [-0.3, -0.25) is 4.79 Å². The molecule has 6 heteroatoms. The molecule has 120 valence electrons. The second-order valence-corrected chi connectivity index (χ2v) is 7.91. The number of carbonyl (C=O) groups excluding carboxylic acids is 1. The van der Waals surface area contributed by atoms with Crippen LogP contribution in [0.4, 0.5) is 0 Å². The van der Waals surface area contributed by atoms with Crippen molar-refractivity contribution in [2.24, 2.45) is 0 Å². The van der Waals surface area contributed by atoms with Crippen LogP contribution in [0.5, 0.6) is 0 Å². The van der Waals surface area contributed by atoms with Crippen molar-refractivity contribution < 1.29 is 9.90 Å². The van der Waals surface area contributed by atoms with Crippen molar-refractivity contribution in [2.45, 2.75) is 32.7 Å². The second-order valence-electron chi connectivity index (χ2n) is 6.27. The number of carbonyl (C=O) groups is 1. The summed E-state index contributed by atoms with van der Waals surface area (Å²) in [5.41, 5.74) is 1.25. The molecule has 0 unspecified atom stereocenters. The predicted octanol–water partition coefficient (Wildman–Crippen LogP) is 4.34. The van der Waals surface area contributed by atoms with Gasteiger partial charge >= 0.3 is 0 Å². The number of hydrogen-bond donors (Lipinski definition) is 2. The zero-order valence-electron chi connectivity index (χ0n) is 13.1. The van der Waals surface area contributed by atoms with Crippen LogP contribution in [0.3, 0.4) is 0 Å². The highest BCUT2D eigenvalue weighted by molar-refractivity contribution is 7.15. The van der Waals surface area contributed by atoms with Crippen molar-refractivity contribution >= 4 is 34.4 Å². The van der Waals surface area contributed by atoms with E-state index in [9.17, 15) is 9.90 Å². The summed E-state index contributed by atoms with van der Waals surface area (Å²) < 4.78 is 0. The first-order valence-electron chi connectivity index (χ1n) is 7.25. The van der Waals surface area contributed by atoms with Gasteiger partial charge in [0, 0.05) is 27.4 Å². The maximum Gasteiger partial charge on any atom is 0.257 e. The number of thiazole rings is 1. The third-order valence-corrected chi connectivity index (χ3v) is 4.94. The van der Waals surface area contributed by atoms with Crippen LogP contribution < -0.4 is 5.32 Å². The molecule has 1 aliphatic heterocycles. The standard InChI is InChI=1S/C17H17ClN2O2S/c1-9-14(13-12(21)8-17(2,3)20-15(13)22)19-16(23-9)10-5-4-6-11(18)7-10/h4-7,21H,8H2,1-3H3,(H,20,22). The fourth-order valence-corrected chi connectivity index (χ4v) is 3.78. The van der Waals surface area contributed by atoms with Crippen molar-refractivity contribution in [1.82, 2.24) is 10.3 Å². The maximum absolute atomic E-state index is 12.4. The van der Waals surface area contributed by atoms with Crippen LogP contribution in [-0.2, 0) is 4.79 Å². The first kappa shape index (κ1) is 16.0. The highest BCUT2D eigenvalue weighted by Gasteiger charge is 2.34. The van der Waals surface area contributed by atoms with Crippen molar-refractivity contribution in [3.05, 3.63) is 45.6 Å². The van der Waals surface area contributed by atoms with Gasteiger partial charge in [0.25, 0.3) is 5.91 Å². The molecule has 4 nitrogen and oxygen atoms in total. The lowest BCUT2D eigenvalue weighted by Gasteiger charge is -2.31.